The maximum Gasteiger partial charge on any atom is 0.211 e. The summed E-state index contributed by atoms with van der Waals surface area (Å²) in [5.41, 5.74) is 2.49. The van der Waals surface area contributed by atoms with Crippen molar-refractivity contribution in [2.75, 3.05) is 0 Å². The monoisotopic (exact) mass is 408 g/mol. The van der Waals surface area contributed by atoms with Gasteiger partial charge < -0.3 is 0 Å². The van der Waals surface area contributed by atoms with Crippen LogP contribution in [-0.4, -0.2) is 15.9 Å². The number of nitrogens with zero attached hydrogens (tertiary/aromatic N) is 4. The van der Waals surface area contributed by atoms with Crippen LogP contribution in [-0.2, 0) is 0 Å². The molecule has 0 unspecified atom stereocenters. The van der Waals surface area contributed by atoms with Crippen molar-refractivity contribution in [3.63, 3.8) is 0 Å². The van der Waals surface area contributed by atoms with Crippen LogP contribution < -0.4 is 4.80 Å². The molecule has 0 N–H and O–H groups in total. The van der Waals surface area contributed by atoms with Crippen molar-refractivity contribution in [1.82, 2.24) is 9.66 Å². The van der Waals surface area contributed by atoms with Gasteiger partial charge in [0.1, 0.15) is 5.82 Å². The van der Waals surface area contributed by atoms with E-state index in [-0.39, 0.29) is 5.82 Å². The first-order chi connectivity index (χ1) is 13.7. The molecule has 0 aliphatic rings. The zero-order chi connectivity index (χ0) is 19.3. The summed E-state index contributed by atoms with van der Waals surface area (Å²) in [5.74, 6) is -0.319. The third-order valence-corrected chi connectivity index (χ3v) is 4.95. The van der Waals surface area contributed by atoms with Crippen molar-refractivity contribution in [2.24, 2.45) is 10.1 Å². The molecule has 0 bridgehead atoms. The van der Waals surface area contributed by atoms with Gasteiger partial charge in [0.15, 0.2) is 0 Å². The molecule has 0 aliphatic carbocycles. The first-order valence-corrected chi connectivity index (χ1v) is 9.67. The van der Waals surface area contributed by atoms with Crippen LogP contribution in [0.4, 0.5) is 10.1 Å². The second kappa shape index (κ2) is 8.29. The largest absolute Gasteiger partial charge is 0.255 e. The predicted molar refractivity (Wildman–Crippen MR) is 112 cm³/mol. The van der Waals surface area contributed by atoms with E-state index in [0.29, 0.717) is 26.8 Å². The average molecular weight is 409 g/mol. The minimum absolute atomic E-state index is 0.319. The molecule has 2 aromatic carbocycles. The van der Waals surface area contributed by atoms with Gasteiger partial charge in [0, 0.05) is 22.2 Å². The van der Waals surface area contributed by atoms with Crippen molar-refractivity contribution in [1.29, 1.82) is 0 Å². The fraction of sp³-hybridized carbons (Fsp3) is 0. The van der Waals surface area contributed by atoms with Gasteiger partial charge in [-0.2, -0.15) is 5.10 Å². The van der Waals surface area contributed by atoms with Gasteiger partial charge in [-0.1, -0.05) is 29.8 Å². The number of halogens is 2. The summed E-state index contributed by atoms with van der Waals surface area (Å²) in [5, 5.41) is 6.99. The van der Waals surface area contributed by atoms with E-state index in [4.69, 9.17) is 11.6 Å². The van der Waals surface area contributed by atoms with Crippen LogP contribution >= 0.6 is 22.9 Å². The first kappa shape index (κ1) is 18.3. The van der Waals surface area contributed by atoms with E-state index >= 15 is 0 Å². The number of hydrogen-bond donors (Lipinski definition) is 0. The van der Waals surface area contributed by atoms with Crippen LogP contribution in [0.1, 0.15) is 5.69 Å². The van der Waals surface area contributed by atoms with Gasteiger partial charge in [-0.05, 0) is 48.5 Å². The van der Waals surface area contributed by atoms with Crippen molar-refractivity contribution >= 4 is 34.8 Å². The molecule has 0 spiro atoms. The molecule has 28 heavy (non-hydrogen) atoms. The molecule has 0 atom stereocenters. The number of aromatic nitrogens is 2. The Morgan fingerprint density at radius 1 is 1.00 bits per heavy atom. The van der Waals surface area contributed by atoms with Crippen LogP contribution in [0, 0.1) is 5.82 Å². The second-order valence-electron chi connectivity index (χ2n) is 5.78. The van der Waals surface area contributed by atoms with Crippen LogP contribution in [0.15, 0.2) is 88.4 Å². The first-order valence-electron chi connectivity index (χ1n) is 8.42. The topological polar surface area (TPSA) is 42.5 Å². The molecule has 7 heteroatoms. The van der Waals surface area contributed by atoms with Gasteiger partial charge in [-0.3, -0.25) is 4.98 Å². The molecule has 0 aliphatic heterocycles. The quantitative estimate of drug-likeness (QED) is 0.410. The van der Waals surface area contributed by atoms with Crippen LogP contribution in [0.25, 0.3) is 11.3 Å². The van der Waals surface area contributed by atoms with Crippen LogP contribution in [0.3, 0.4) is 0 Å². The van der Waals surface area contributed by atoms with E-state index in [2.05, 4.69) is 15.1 Å². The van der Waals surface area contributed by atoms with Crippen molar-refractivity contribution in [3.8, 4) is 11.3 Å². The van der Waals surface area contributed by atoms with Gasteiger partial charge in [-0.15, -0.1) is 11.3 Å². The Morgan fingerprint density at radius 2 is 1.79 bits per heavy atom. The normalized spacial score (nSPS) is 12.0. The zero-order valence-corrected chi connectivity index (χ0v) is 16.1. The molecule has 2 aromatic heterocycles. The van der Waals surface area contributed by atoms with E-state index in [1.165, 1.54) is 17.4 Å². The molecule has 0 saturated carbocycles. The molecular formula is C21H14ClFN4S. The minimum Gasteiger partial charge on any atom is -0.255 e. The fourth-order valence-electron chi connectivity index (χ4n) is 2.54. The van der Waals surface area contributed by atoms with Gasteiger partial charge in [0.05, 0.1) is 23.3 Å². The summed E-state index contributed by atoms with van der Waals surface area (Å²) in [6.07, 6.45) is 3.31. The SMILES string of the molecule is Fc1ccccc1-c1csc(=Nc2ccc(Cl)cc2)n1/N=C\c1ccccn1. The van der Waals surface area contributed by atoms with Crippen molar-refractivity contribution in [2.45, 2.75) is 0 Å². The highest BCUT2D eigenvalue weighted by Crippen LogP contribution is 2.24. The highest BCUT2D eigenvalue weighted by Gasteiger charge is 2.11. The molecule has 138 valence electrons. The molecule has 4 aromatic rings. The summed E-state index contributed by atoms with van der Waals surface area (Å²) in [4.78, 5) is 9.48. The third-order valence-electron chi connectivity index (χ3n) is 3.88. The Balaban J connectivity index is 1.86. The Kier molecular flexibility index (Phi) is 5.41. The number of rotatable bonds is 4. The minimum atomic E-state index is -0.319. The number of hydrogen-bond acceptors (Lipinski definition) is 4. The Labute approximate surface area is 169 Å². The fourth-order valence-corrected chi connectivity index (χ4v) is 3.51. The highest BCUT2D eigenvalue weighted by molar-refractivity contribution is 7.07. The standard InChI is InChI=1S/C21H14ClFN4S/c22-15-8-10-16(11-9-15)26-21-27(25-13-17-5-3-4-12-24-17)20(14-28-21)18-6-1-2-7-19(18)23/h1-14H/b25-13-,26-21?. The molecule has 4 nitrogen and oxygen atoms in total. The lowest BCUT2D eigenvalue weighted by Gasteiger charge is -2.04. The van der Waals surface area contributed by atoms with Gasteiger partial charge in [0.2, 0.25) is 4.80 Å². The Bertz CT molecular complexity index is 1180. The van der Waals surface area contributed by atoms with Gasteiger partial charge >= 0.3 is 0 Å². The number of benzene rings is 2. The lowest BCUT2D eigenvalue weighted by Crippen LogP contribution is -2.12. The maximum absolute atomic E-state index is 14.4. The van der Waals surface area contributed by atoms with Gasteiger partial charge in [-0.25, -0.2) is 14.1 Å². The molecule has 0 saturated heterocycles. The smallest absolute Gasteiger partial charge is 0.211 e. The molecular weight excluding hydrogens is 395 g/mol. The Hall–Kier alpha value is -3.09. The van der Waals surface area contributed by atoms with Gasteiger partial charge in [0.25, 0.3) is 0 Å². The predicted octanol–water partition coefficient (Wildman–Crippen LogP) is 5.52. The van der Waals surface area contributed by atoms with E-state index in [1.807, 2.05) is 35.7 Å². The van der Waals surface area contributed by atoms with E-state index in [0.717, 1.165) is 5.69 Å². The molecule has 0 fully saturated rings. The van der Waals surface area contributed by atoms with Crippen molar-refractivity contribution in [3.05, 3.63) is 99.6 Å². The third kappa shape index (κ3) is 4.08. The maximum atomic E-state index is 14.4. The van der Waals surface area contributed by atoms with E-state index in [1.54, 1.807) is 47.4 Å². The van der Waals surface area contributed by atoms with E-state index in [9.17, 15) is 4.39 Å². The number of pyridine rings is 1. The summed E-state index contributed by atoms with van der Waals surface area (Å²) >= 11 is 7.33. The average Bonchev–Trinajstić information content (AvgIpc) is 3.11. The summed E-state index contributed by atoms with van der Waals surface area (Å²) in [7, 11) is 0. The van der Waals surface area contributed by atoms with Crippen LogP contribution in [0.5, 0.6) is 0 Å². The summed E-state index contributed by atoms with van der Waals surface area (Å²) in [6, 6.07) is 19.3. The Morgan fingerprint density at radius 3 is 2.54 bits per heavy atom. The highest BCUT2D eigenvalue weighted by atomic mass is 35.5. The molecule has 2 heterocycles. The number of thiazole rings is 1. The molecule has 0 radical (unpaired) electrons. The zero-order valence-electron chi connectivity index (χ0n) is 14.5. The second-order valence-corrected chi connectivity index (χ2v) is 7.06. The van der Waals surface area contributed by atoms with Crippen LogP contribution in [0.2, 0.25) is 5.02 Å². The molecule has 4 rings (SSSR count). The summed E-state index contributed by atoms with van der Waals surface area (Å²) < 4.78 is 16.0. The molecule has 0 amide bonds. The lowest BCUT2D eigenvalue weighted by atomic mass is 10.1. The lowest BCUT2D eigenvalue weighted by molar-refractivity contribution is 0.629. The summed E-state index contributed by atoms with van der Waals surface area (Å²) in [6.45, 7) is 0. The van der Waals surface area contributed by atoms with Crippen molar-refractivity contribution < 1.29 is 4.39 Å². The van der Waals surface area contributed by atoms with E-state index < -0.39 is 0 Å².